The van der Waals surface area contributed by atoms with Crippen molar-refractivity contribution in [3.63, 3.8) is 0 Å². The third kappa shape index (κ3) is 3.69. The fraction of sp³-hybridized carbons (Fsp3) is 0.647. The predicted octanol–water partition coefficient (Wildman–Crippen LogP) is 2.36. The fourth-order valence-electron chi connectivity index (χ4n) is 3.19. The third-order valence-corrected chi connectivity index (χ3v) is 4.51. The van der Waals surface area contributed by atoms with E-state index in [2.05, 4.69) is 10.2 Å². The Kier molecular flexibility index (Phi) is 4.66. The molecule has 1 aliphatic carbocycles. The zero-order valence-electron chi connectivity index (χ0n) is 12.8. The number of ether oxygens (including phenoxy) is 1. The van der Waals surface area contributed by atoms with Crippen LogP contribution in [0.25, 0.3) is 0 Å². The minimum atomic E-state index is 0.276. The molecule has 1 aliphatic heterocycles. The van der Waals surface area contributed by atoms with Crippen molar-refractivity contribution in [2.75, 3.05) is 26.2 Å². The number of phenolic OH excluding ortho intramolecular Hbond substituents is 1. The minimum Gasteiger partial charge on any atom is -0.504 e. The first-order chi connectivity index (χ1) is 10.3. The van der Waals surface area contributed by atoms with Crippen molar-refractivity contribution in [2.24, 2.45) is 5.92 Å². The number of aromatic hydroxyl groups is 1. The summed E-state index contributed by atoms with van der Waals surface area (Å²) in [7, 11) is 0. The Labute approximate surface area is 127 Å². The summed E-state index contributed by atoms with van der Waals surface area (Å²) in [6.45, 7) is 6.73. The standard InChI is InChI=1S/C17H26N2O2/c1-2-21-16-5-3-4-14(17(16)20)11-18-10-13-8-9-19(12-13)15-6-7-15/h3-5,13,15,18,20H,2,6-12H2,1H3. The quantitative estimate of drug-likeness (QED) is 0.809. The normalized spacial score (nSPS) is 22.6. The molecule has 0 aromatic heterocycles. The van der Waals surface area contributed by atoms with Crippen LogP contribution in [0.4, 0.5) is 0 Å². The summed E-state index contributed by atoms with van der Waals surface area (Å²) < 4.78 is 5.42. The maximum absolute atomic E-state index is 10.2. The number of nitrogens with one attached hydrogen (secondary N) is 1. The molecule has 116 valence electrons. The molecule has 0 radical (unpaired) electrons. The highest BCUT2D eigenvalue weighted by molar-refractivity contribution is 5.45. The highest BCUT2D eigenvalue weighted by Gasteiger charge is 2.33. The molecule has 0 spiro atoms. The molecule has 1 saturated heterocycles. The van der Waals surface area contributed by atoms with Crippen LogP contribution in [-0.2, 0) is 6.54 Å². The summed E-state index contributed by atoms with van der Waals surface area (Å²) in [5, 5.41) is 13.7. The van der Waals surface area contributed by atoms with Gasteiger partial charge >= 0.3 is 0 Å². The van der Waals surface area contributed by atoms with Crippen molar-refractivity contribution in [1.29, 1.82) is 0 Å². The van der Waals surface area contributed by atoms with Crippen molar-refractivity contribution in [1.82, 2.24) is 10.2 Å². The molecule has 1 heterocycles. The number of para-hydroxylation sites is 1. The van der Waals surface area contributed by atoms with Gasteiger partial charge in [-0.25, -0.2) is 0 Å². The van der Waals surface area contributed by atoms with E-state index in [4.69, 9.17) is 4.74 Å². The largest absolute Gasteiger partial charge is 0.504 e. The second-order valence-electron chi connectivity index (χ2n) is 6.21. The van der Waals surface area contributed by atoms with E-state index in [9.17, 15) is 5.11 Å². The average Bonchev–Trinajstić information content (AvgIpc) is 3.23. The van der Waals surface area contributed by atoms with E-state index in [1.165, 1.54) is 32.4 Å². The SMILES string of the molecule is CCOc1cccc(CNCC2CCN(C3CC3)C2)c1O. The van der Waals surface area contributed by atoms with E-state index in [0.717, 1.165) is 24.1 Å². The van der Waals surface area contributed by atoms with Gasteiger partial charge in [0.25, 0.3) is 0 Å². The number of rotatable bonds is 7. The fourth-order valence-corrected chi connectivity index (χ4v) is 3.19. The van der Waals surface area contributed by atoms with Crippen LogP contribution in [0, 0.1) is 5.92 Å². The molecule has 2 N–H and O–H groups in total. The van der Waals surface area contributed by atoms with Gasteiger partial charge in [0, 0.05) is 24.7 Å². The van der Waals surface area contributed by atoms with Crippen LogP contribution < -0.4 is 10.1 Å². The van der Waals surface area contributed by atoms with Crippen molar-refractivity contribution in [2.45, 2.75) is 38.8 Å². The first kappa shape index (κ1) is 14.7. The smallest absolute Gasteiger partial charge is 0.162 e. The maximum atomic E-state index is 10.2. The highest BCUT2D eigenvalue weighted by Crippen LogP contribution is 2.32. The van der Waals surface area contributed by atoms with Crippen molar-refractivity contribution in [3.8, 4) is 11.5 Å². The Morgan fingerprint density at radius 2 is 2.19 bits per heavy atom. The number of phenols is 1. The summed E-state index contributed by atoms with van der Waals surface area (Å²) in [5.41, 5.74) is 0.915. The van der Waals surface area contributed by atoms with E-state index >= 15 is 0 Å². The van der Waals surface area contributed by atoms with Crippen molar-refractivity contribution >= 4 is 0 Å². The number of hydrogen-bond acceptors (Lipinski definition) is 4. The lowest BCUT2D eigenvalue weighted by Gasteiger charge is -2.15. The number of nitrogens with zero attached hydrogens (tertiary/aromatic N) is 1. The molecule has 4 heteroatoms. The highest BCUT2D eigenvalue weighted by atomic mass is 16.5. The minimum absolute atomic E-state index is 0.276. The summed E-state index contributed by atoms with van der Waals surface area (Å²) in [6, 6.07) is 6.59. The predicted molar refractivity (Wildman–Crippen MR) is 83.7 cm³/mol. The third-order valence-electron chi connectivity index (χ3n) is 4.51. The molecule has 4 nitrogen and oxygen atoms in total. The van der Waals surface area contributed by atoms with E-state index in [0.29, 0.717) is 18.9 Å². The van der Waals surface area contributed by atoms with Gasteiger partial charge in [0.15, 0.2) is 11.5 Å². The molecule has 1 saturated carbocycles. The number of hydrogen-bond donors (Lipinski definition) is 2. The number of likely N-dealkylation sites (tertiary alicyclic amines) is 1. The van der Waals surface area contributed by atoms with Crippen LogP contribution >= 0.6 is 0 Å². The molecule has 1 aromatic rings. The number of benzene rings is 1. The topological polar surface area (TPSA) is 44.7 Å². The lowest BCUT2D eigenvalue weighted by molar-refractivity contribution is 0.310. The first-order valence-corrected chi connectivity index (χ1v) is 8.16. The van der Waals surface area contributed by atoms with Gasteiger partial charge in [0.2, 0.25) is 0 Å². The Balaban J connectivity index is 1.46. The molecule has 3 rings (SSSR count). The van der Waals surface area contributed by atoms with Crippen LogP contribution in [0.2, 0.25) is 0 Å². The van der Waals surface area contributed by atoms with Gasteiger partial charge in [-0.05, 0) is 51.3 Å². The molecule has 1 aromatic carbocycles. The van der Waals surface area contributed by atoms with Gasteiger partial charge < -0.3 is 20.1 Å². The Bertz CT molecular complexity index is 474. The lowest BCUT2D eigenvalue weighted by atomic mass is 10.1. The van der Waals surface area contributed by atoms with Gasteiger partial charge in [-0.1, -0.05) is 12.1 Å². The van der Waals surface area contributed by atoms with Crippen LogP contribution in [0.15, 0.2) is 18.2 Å². The molecule has 2 fully saturated rings. The lowest BCUT2D eigenvalue weighted by Crippen LogP contribution is -2.27. The van der Waals surface area contributed by atoms with Crippen molar-refractivity contribution < 1.29 is 9.84 Å². The first-order valence-electron chi connectivity index (χ1n) is 8.16. The average molecular weight is 290 g/mol. The Morgan fingerprint density at radius 1 is 1.33 bits per heavy atom. The van der Waals surface area contributed by atoms with Crippen LogP contribution in [0.5, 0.6) is 11.5 Å². The Morgan fingerprint density at radius 3 is 2.95 bits per heavy atom. The van der Waals surface area contributed by atoms with Gasteiger partial charge in [-0.3, -0.25) is 0 Å². The van der Waals surface area contributed by atoms with Crippen molar-refractivity contribution in [3.05, 3.63) is 23.8 Å². The van der Waals surface area contributed by atoms with Crippen LogP contribution in [-0.4, -0.2) is 42.3 Å². The summed E-state index contributed by atoms with van der Waals surface area (Å²) >= 11 is 0. The monoisotopic (exact) mass is 290 g/mol. The molecular formula is C17H26N2O2. The molecule has 1 unspecified atom stereocenters. The van der Waals surface area contributed by atoms with Crippen LogP contribution in [0.1, 0.15) is 31.7 Å². The molecule has 1 atom stereocenters. The summed E-state index contributed by atoms with van der Waals surface area (Å²) in [5.74, 6) is 1.61. The Hall–Kier alpha value is -1.26. The molecule has 2 aliphatic rings. The van der Waals surface area contributed by atoms with Gasteiger partial charge in [0.05, 0.1) is 6.61 Å². The molecular weight excluding hydrogens is 264 g/mol. The van der Waals surface area contributed by atoms with E-state index < -0.39 is 0 Å². The zero-order chi connectivity index (χ0) is 14.7. The summed E-state index contributed by atoms with van der Waals surface area (Å²) in [6.07, 6.45) is 4.10. The van der Waals surface area contributed by atoms with E-state index in [1.807, 2.05) is 25.1 Å². The molecule has 0 amide bonds. The second-order valence-corrected chi connectivity index (χ2v) is 6.21. The van der Waals surface area contributed by atoms with E-state index in [-0.39, 0.29) is 5.75 Å². The van der Waals surface area contributed by atoms with Gasteiger partial charge in [0.1, 0.15) is 0 Å². The molecule has 0 bridgehead atoms. The summed E-state index contributed by atoms with van der Waals surface area (Å²) in [4.78, 5) is 2.64. The van der Waals surface area contributed by atoms with Gasteiger partial charge in [-0.15, -0.1) is 0 Å². The zero-order valence-corrected chi connectivity index (χ0v) is 12.8. The maximum Gasteiger partial charge on any atom is 0.162 e. The molecule has 21 heavy (non-hydrogen) atoms. The van der Waals surface area contributed by atoms with Crippen LogP contribution in [0.3, 0.4) is 0 Å². The second kappa shape index (κ2) is 6.67. The van der Waals surface area contributed by atoms with E-state index in [1.54, 1.807) is 0 Å². The van der Waals surface area contributed by atoms with Gasteiger partial charge in [-0.2, -0.15) is 0 Å².